The fraction of sp³-hybridized carbons (Fsp3) is 0.500. The van der Waals surface area contributed by atoms with E-state index >= 15 is 0 Å². The van der Waals surface area contributed by atoms with Gasteiger partial charge < -0.3 is 9.13 Å². The van der Waals surface area contributed by atoms with Gasteiger partial charge in [-0.3, -0.25) is 9.11 Å². The van der Waals surface area contributed by atoms with Crippen LogP contribution in [0.15, 0.2) is 37.4 Å². The maximum absolute atomic E-state index is 8.74. The number of nitrogens with zero attached hydrogens (tertiary/aromatic N) is 4. The summed E-state index contributed by atoms with van der Waals surface area (Å²) < 4.78 is 35.7. The Morgan fingerprint density at radius 2 is 1.24 bits per heavy atom. The van der Waals surface area contributed by atoms with Crippen molar-refractivity contribution in [3.63, 3.8) is 0 Å². The van der Waals surface area contributed by atoms with E-state index in [2.05, 4.69) is 32.9 Å². The van der Waals surface area contributed by atoms with Crippen molar-refractivity contribution in [2.45, 2.75) is 39.8 Å². The lowest BCUT2D eigenvalue weighted by Crippen LogP contribution is -1.90. The third kappa shape index (κ3) is 14.5. The van der Waals surface area contributed by atoms with Crippen molar-refractivity contribution in [3.05, 3.63) is 37.4 Å². The number of hydrogen-bond donors (Lipinski definition) is 2. The quantitative estimate of drug-likeness (QED) is 0.833. The molecule has 8 nitrogen and oxygen atoms in total. The molecular weight excluding hydrogens is 296 g/mol. The van der Waals surface area contributed by atoms with Gasteiger partial charge in [-0.2, -0.15) is 8.42 Å². The minimum absolute atomic E-state index is 1.08. The molecule has 2 aromatic rings. The largest absolute Gasteiger partial charge is 0.394 e. The first kappa shape index (κ1) is 19.3. The van der Waals surface area contributed by atoms with Crippen molar-refractivity contribution >= 4 is 10.4 Å². The van der Waals surface area contributed by atoms with Crippen LogP contribution in [0, 0.1) is 0 Å². The normalized spacial score (nSPS) is 10.1. The molecule has 0 bridgehead atoms. The second kappa shape index (κ2) is 11.0. The van der Waals surface area contributed by atoms with Gasteiger partial charge in [0.05, 0.1) is 12.7 Å². The standard InChI is InChI=1S/2C6H10N2.H2O4S/c2*1-2-4-8-5-3-7-6-8;1-5(2,3)4/h2*3,5-6H,2,4H2,1H3;(H2,1,2,3,4). The van der Waals surface area contributed by atoms with Crippen LogP contribution in [0.4, 0.5) is 0 Å². The van der Waals surface area contributed by atoms with Crippen LogP contribution >= 0.6 is 0 Å². The monoisotopic (exact) mass is 318 g/mol. The molecule has 120 valence electrons. The van der Waals surface area contributed by atoms with Crippen molar-refractivity contribution < 1.29 is 17.5 Å². The SMILES string of the molecule is CCCn1ccnc1.CCCn1ccnc1.O=S(=O)(O)O. The first-order chi connectivity index (χ1) is 9.86. The molecule has 9 heteroatoms. The molecule has 0 unspecified atom stereocenters. The Morgan fingerprint density at radius 1 is 0.905 bits per heavy atom. The minimum atomic E-state index is -4.67. The van der Waals surface area contributed by atoms with Crippen LogP contribution < -0.4 is 0 Å². The average molecular weight is 318 g/mol. The molecule has 0 saturated heterocycles. The number of aryl methyl sites for hydroxylation is 2. The molecule has 2 N–H and O–H groups in total. The van der Waals surface area contributed by atoms with Gasteiger partial charge in [0.1, 0.15) is 0 Å². The summed E-state index contributed by atoms with van der Waals surface area (Å²) in [6, 6.07) is 0. The zero-order valence-corrected chi connectivity index (χ0v) is 13.0. The molecule has 2 aromatic heterocycles. The van der Waals surface area contributed by atoms with Crippen molar-refractivity contribution in [1.29, 1.82) is 0 Å². The molecule has 0 fully saturated rings. The lowest BCUT2D eigenvalue weighted by molar-refractivity contribution is 0.381. The van der Waals surface area contributed by atoms with Gasteiger partial charge >= 0.3 is 10.4 Å². The van der Waals surface area contributed by atoms with Crippen LogP contribution in [0.1, 0.15) is 26.7 Å². The van der Waals surface area contributed by atoms with E-state index in [1.807, 2.05) is 25.0 Å². The van der Waals surface area contributed by atoms with E-state index in [9.17, 15) is 0 Å². The fourth-order valence-electron chi connectivity index (χ4n) is 1.35. The Hall–Kier alpha value is -1.71. The summed E-state index contributed by atoms with van der Waals surface area (Å²) in [5.41, 5.74) is 0. The summed E-state index contributed by atoms with van der Waals surface area (Å²) in [5, 5.41) is 0. The summed E-state index contributed by atoms with van der Waals surface area (Å²) in [7, 11) is -4.67. The Kier molecular flexibility index (Phi) is 10.1. The number of imidazole rings is 2. The van der Waals surface area contributed by atoms with Gasteiger partial charge in [-0.1, -0.05) is 13.8 Å². The molecular formula is C12H22N4O4S. The van der Waals surface area contributed by atoms with E-state index in [-0.39, 0.29) is 0 Å². The molecule has 2 heterocycles. The highest BCUT2D eigenvalue weighted by Gasteiger charge is 1.85. The lowest BCUT2D eigenvalue weighted by Gasteiger charge is -1.93. The van der Waals surface area contributed by atoms with E-state index in [1.165, 1.54) is 12.8 Å². The Morgan fingerprint density at radius 3 is 1.43 bits per heavy atom. The van der Waals surface area contributed by atoms with E-state index < -0.39 is 10.4 Å². The van der Waals surface area contributed by atoms with E-state index in [1.54, 1.807) is 12.4 Å². The van der Waals surface area contributed by atoms with Gasteiger partial charge in [0.15, 0.2) is 0 Å². The molecule has 21 heavy (non-hydrogen) atoms. The zero-order valence-electron chi connectivity index (χ0n) is 12.2. The van der Waals surface area contributed by atoms with Crippen LogP contribution in [0.25, 0.3) is 0 Å². The molecule has 0 aliphatic carbocycles. The van der Waals surface area contributed by atoms with Crippen molar-refractivity contribution in [2.75, 3.05) is 0 Å². The summed E-state index contributed by atoms with van der Waals surface area (Å²) >= 11 is 0. The Bertz CT molecular complexity index is 494. The molecule has 0 radical (unpaired) electrons. The van der Waals surface area contributed by atoms with Gasteiger partial charge in [0, 0.05) is 37.9 Å². The van der Waals surface area contributed by atoms with Gasteiger partial charge in [0.2, 0.25) is 0 Å². The third-order valence-corrected chi connectivity index (χ3v) is 2.08. The second-order valence-corrected chi connectivity index (χ2v) is 4.94. The predicted octanol–water partition coefficient (Wildman–Crippen LogP) is 1.93. The Labute approximate surface area is 125 Å². The van der Waals surface area contributed by atoms with E-state index in [0.717, 1.165) is 13.1 Å². The van der Waals surface area contributed by atoms with E-state index in [4.69, 9.17) is 17.5 Å². The van der Waals surface area contributed by atoms with Crippen LogP contribution in [0.3, 0.4) is 0 Å². The third-order valence-electron chi connectivity index (χ3n) is 2.08. The second-order valence-electron chi connectivity index (χ2n) is 4.05. The van der Waals surface area contributed by atoms with Crippen LogP contribution in [-0.4, -0.2) is 36.6 Å². The number of rotatable bonds is 4. The zero-order chi connectivity index (χ0) is 16.1. The average Bonchev–Trinajstić information content (AvgIpc) is 3.01. The molecule has 0 aliphatic rings. The van der Waals surface area contributed by atoms with Crippen LogP contribution in [0.2, 0.25) is 0 Å². The van der Waals surface area contributed by atoms with Crippen LogP contribution in [0.5, 0.6) is 0 Å². The van der Waals surface area contributed by atoms with Crippen molar-refractivity contribution in [3.8, 4) is 0 Å². The smallest absolute Gasteiger partial charge is 0.338 e. The highest BCUT2D eigenvalue weighted by atomic mass is 32.3. The molecule has 0 saturated carbocycles. The molecule has 0 amide bonds. The minimum Gasteiger partial charge on any atom is -0.338 e. The Balaban J connectivity index is 0.000000296. The van der Waals surface area contributed by atoms with Gasteiger partial charge in [-0.25, -0.2) is 9.97 Å². The molecule has 0 atom stereocenters. The van der Waals surface area contributed by atoms with Gasteiger partial charge in [0.25, 0.3) is 0 Å². The maximum Gasteiger partial charge on any atom is 0.394 e. The molecule has 0 aliphatic heterocycles. The van der Waals surface area contributed by atoms with E-state index in [0.29, 0.717) is 0 Å². The molecule has 0 spiro atoms. The highest BCUT2D eigenvalue weighted by molar-refractivity contribution is 7.79. The van der Waals surface area contributed by atoms with Gasteiger partial charge in [-0.15, -0.1) is 0 Å². The van der Waals surface area contributed by atoms with Crippen LogP contribution in [-0.2, 0) is 23.5 Å². The molecule has 0 aromatic carbocycles. The van der Waals surface area contributed by atoms with Crippen molar-refractivity contribution in [1.82, 2.24) is 19.1 Å². The van der Waals surface area contributed by atoms with Gasteiger partial charge in [-0.05, 0) is 12.8 Å². The topological polar surface area (TPSA) is 110 Å². The molecule has 2 rings (SSSR count). The first-order valence-electron chi connectivity index (χ1n) is 6.48. The predicted molar refractivity (Wildman–Crippen MR) is 79.2 cm³/mol. The maximum atomic E-state index is 8.74. The summed E-state index contributed by atoms with van der Waals surface area (Å²) in [6.45, 7) is 6.47. The fourth-order valence-corrected chi connectivity index (χ4v) is 1.35. The highest BCUT2D eigenvalue weighted by Crippen LogP contribution is 1.87. The summed E-state index contributed by atoms with van der Waals surface area (Å²) in [6.07, 6.45) is 13.6. The summed E-state index contributed by atoms with van der Waals surface area (Å²) in [4.78, 5) is 7.81. The lowest BCUT2D eigenvalue weighted by atomic mass is 10.5. The first-order valence-corrected chi connectivity index (χ1v) is 7.87. The van der Waals surface area contributed by atoms with Crippen molar-refractivity contribution in [2.24, 2.45) is 0 Å². The number of aromatic nitrogens is 4. The summed E-state index contributed by atoms with van der Waals surface area (Å²) in [5.74, 6) is 0. The number of hydrogen-bond acceptors (Lipinski definition) is 4.